The zero-order chi connectivity index (χ0) is 29.6. The number of allylic oxidation sites excluding steroid dienone is 1. The van der Waals surface area contributed by atoms with Gasteiger partial charge in [0, 0.05) is 40.6 Å². The topological polar surface area (TPSA) is 138 Å². The fourth-order valence-electron chi connectivity index (χ4n) is 8.96. The zero-order valence-corrected chi connectivity index (χ0v) is 24.0. The first-order valence-electron chi connectivity index (χ1n) is 14.6. The molecule has 3 N–H and O–H groups in total. The Hall–Kier alpha value is -3.92. The first-order chi connectivity index (χ1) is 19.9. The van der Waals surface area contributed by atoms with Crippen LogP contribution in [-0.2, 0) is 29.3 Å². The number of ether oxygens (including phenoxy) is 2. The van der Waals surface area contributed by atoms with Crippen molar-refractivity contribution >= 4 is 40.4 Å². The maximum absolute atomic E-state index is 14.8. The summed E-state index contributed by atoms with van der Waals surface area (Å²) in [5.74, 6) is -2.82. The summed E-state index contributed by atoms with van der Waals surface area (Å²) in [6.45, 7) is 7.99. The minimum Gasteiger partial charge on any atom is -0.483 e. The highest BCUT2D eigenvalue weighted by molar-refractivity contribution is 6.44. The Labute approximate surface area is 242 Å². The van der Waals surface area contributed by atoms with Gasteiger partial charge in [0.1, 0.15) is 34.8 Å². The second-order valence-corrected chi connectivity index (χ2v) is 13.8. The van der Waals surface area contributed by atoms with Crippen LogP contribution in [-0.4, -0.2) is 74.3 Å². The average molecular weight is 572 g/mol. The van der Waals surface area contributed by atoms with Crippen molar-refractivity contribution < 1.29 is 33.8 Å². The van der Waals surface area contributed by atoms with Gasteiger partial charge in [-0.2, -0.15) is 0 Å². The Morgan fingerprint density at radius 2 is 1.90 bits per heavy atom. The number of Topliss-reactive ketones (excluding diaryl/α,β-unsaturated/α-hetero) is 1. The van der Waals surface area contributed by atoms with Gasteiger partial charge in [-0.05, 0) is 63.0 Å². The van der Waals surface area contributed by atoms with Crippen molar-refractivity contribution in [2.75, 3.05) is 13.2 Å². The summed E-state index contributed by atoms with van der Waals surface area (Å²) < 4.78 is 12.3. The van der Waals surface area contributed by atoms with E-state index in [-0.39, 0.29) is 17.6 Å². The molecule has 1 aromatic heterocycles. The van der Waals surface area contributed by atoms with Crippen LogP contribution in [0.15, 0.2) is 30.0 Å². The number of aromatic amines is 1. The van der Waals surface area contributed by atoms with Crippen LogP contribution in [0.25, 0.3) is 17.0 Å². The molecule has 2 spiro atoms. The lowest BCUT2D eigenvalue weighted by Gasteiger charge is -2.66. The number of carbonyl (C=O) groups excluding carboxylic acids is 4. The number of amides is 2. The third-order valence-corrected chi connectivity index (χ3v) is 10.8. The van der Waals surface area contributed by atoms with E-state index in [2.05, 4.69) is 24.1 Å². The van der Waals surface area contributed by atoms with E-state index >= 15 is 0 Å². The number of aromatic nitrogens is 1. The van der Waals surface area contributed by atoms with E-state index in [1.165, 1.54) is 0 Å². The summed E-state index contributed by atoms with van der Waals surface area (Å²) in [6.07, 6.45) is 5.32. The summed E-state index contributed by atoms with van der Waals surface area (Å²) in [6, 6.07) is 3.79. The molecule has 2 bridgehead atoms. The van der Waals surface area contributed by atoms with E-state index in [1.807, 2.05) is 38.1 Å². The number of carbonyl (C=O) groups is 4. The van der Waals surface area contributed by atoms with Gasteiger partial charge in [-0.1, -0.05) is 13.8 Å². The summed E-state index contributed by atoms with van der Waals surface area (Å²) >= 11 is 0. The van der Waals surface area contributed by atoms with E-state index in [1.54, 1.807) is 4.90 Å². The van der Waals surface area contributed by atoms with Gasteiger partial charge in [-0.3, -0.25) is 19.2 Å². The molecule has 218 valence electrons. The number of nitrogens with one attached hydrogen (secondary N) is 2. The average Bonchev–Trinajstić information content (AvgIpc) is 3.55. The van der Waals surface area contributed by atoms with Crippen molar-refractivity contribution in [2.24, 2.45) is 5.92 Å². The van der Waals surface area contributed by atoms with Crippen LogP contribution in [0.5, 0.6) is 5.75 Å². The molecular weight excluding hydrogens is 538 g/mol. The second kappa shape index (κ2) is 7.72. The zero-order valence-electron chi connectivity index (χ0n) is 24.0. The number of fused-ring (bicyclic) bond motifs is 6. The van der Waals surface area contributed by atoms with Gasteiger partial charge in [0.05, 0.1) is 11.4 Å². The first-order valence-corrected chi connectivity index (χ1v) is 14.6. The van der Waals surface area contributed by atoms with Gasteiger partial charge in [-0.25, -0.2) is 0 Å². The van der Waals surface area contributed by atoms with Crippen LogP contribution in [0.4, 0.5) is 0 Å². The largest absolute Gasteiger partial charge is 0.483 e. The van der Waals surface area contributed by atoms with Crippen LogP contribution in [0, 0.1) is 5.92 Å². The van der Waals surface area contributed by atoms with E-state index in [9.17, 15) is 24.3 Å². The molecule has 42 heavy (non-hydrogen) atoms. The Bertz CT molecular complexity index is 1730. The monoisotopic (exact) mass is 571 g/mol. The second-order valence-electron chi connectivity index (χ2n) is 13.8. The molecule has 2 amide bonds. The van der Waals surface area contributed by atoms with Crippen LogP contribution in [0.2, 0.25) is 0 Å². The van der Waals surface area contributed by atoms with Crippen LogP contribution >= 0.6 is 0 Å². The molecule has 1 unspecified atom stereocenters. The first kappa shape index (κ1) is 25.8. The third-order valence-electron chi connectivity index (χ3n) is 10.8. The minimum atomic E-state index is -1.53. The third kappa shape index (κ3) is 2.84. The molecule has 6 aliphatic heterocycles. The number of hydrogen-bond donors (Lipinski definition) is 3. The minimum absolute atomic E-state index is 0.0411. The van der Waals surface area contributed by atoms with Crippen LogP contribution in [0.1, 0.15) is 69.7 Å². The number of piperidine rings is 2. The number of ketones is 2. The van der Waals surface area contributed by atoms with Gasteiger partial charge in [0.25, 0.3) is 0 Å². The standard InChI is InChI=1S/C32H33N3O7/c1-29(2)10-8-16-19(42-29)7-6-17-21-22(25-24(38)18(37)12-15(14-36)41-25)32-20(30(3,4)26(21)33-23(16)17)13-31(27(39)34-32)9-5-11-35(31)28(32)40/h6-8,10,12,20,22,25,33,36H,5,9,11,13-14H2,1-4H3,(H,34,39)/t20-,22+,25?,31-,32+/m0/s1. The van der Waals surface area contributed by atoms with Gasteiger partial charge in [0.15, 0.2) is 6.10 Å². The van der Waals surface area contributed by atoms with Gasteiger partial charge in [0.2, 0.25) is 23.4 Å². The molecule has 4 fully saturated rings. The SMILES string of the molecule is CC1(C)C=Cc2c(ccc3c4c([nH]c23)C(C)(C)[C@@H]2C[C@]35CCCN3C(=O)[C@]2(NC5=O)[C@H]4C2OC(CO)=CC(=O)C2=O)O1. The van der Waals surface area contributed by atoms with Crippen molar-refractivity contribution in [1.29, 1.82) is 0 Å². The number of hydrogen-bond acceptors (Lipinski definition) is 7. The summed E-state index contributed by atoms with van der Waals surface area (Å²) in [5.41, 5.74) is -0.450. The highest BCUT2D eigenvalue weighted by Gasteiger charge is 2.77. The van der Waals surface area contributed by atoms with E-state index in [4.69, 9.17) is 9.47 Å². The van der Waals surface area contributed by atoms with Crippen molar-refractivity contribution in [2.45, 2.75) is 81.1 Å². The Morgan fingerprint density at radius 1 is 1.12 bits per heavy atom. The predicted octanol–water partition coefficient (Wildman–Crippen LogP) is 2.39. The maximum Gasteiger partial charge on any atom is 0.250 e. The maximum atomic E-state index is 14.8. The number of benzene rings is 1. The summed E-state index contributed by atoms with van der Waals surface area (Å²) in [7, 11) is 0. The summed E-state index contributed by atoms with van der Waals surface area (Å²) in [4.78, 5) is 60.8. The van der Waals surface area contributed by atoms with Crippen molar-refractivity contribution in [3.05, 3.63) is 46.9 Å². The molecule has 2 aromatic rings. The molecule has 9 rings (SSSR count). The fraction of sp³-hybridized carbons (Fsp3) is 0.500. The lowest BCUT2D eigenvalue weighted by molar-refractivity contribution is -0.186. The molecule has 1 aliphatic carbocycles. The Balaban J connectivity index is 1.45. The van der Waals surface area contributed by atoms with Gasteiger partial charge >= 0.3 is 0 Å². The summed E-state index contributed by atoms with van der Waals surface area (Å²) in [5, 5.41) is 13.9. The molecule has 4 saturated heterocycles. The lowest BCUT2D eigenvalue weighted by atomic mass is 9.47. The highest BCUT2D eigenvalue weighted by Crippen LogP contribution is 2.64. The number of nitrogens with zero attached hydrogens (tertiary/aromatic N) is 1. The number of aliphatic hydroxyl groups excluding tert-OH is 1. The highest BCUT2D eigenvalue weighted by atomic mass is 16.5. The molecule has 10 nitrogen and oxygen atoms in total. The van der Waals surface area contributed by atoms with Gasteiger partial charge in [-0.15, -0.1) is 0 Å². The molecule has 0 saturated carbocycles. The normalized spacial score (nSPS) is 35.1. The van der Waals surface area contributed by atoms with Crippen LogP contribution < -0.4 is 10.1 Å². The lowest BCUT2D eigenvalue weighted by Crippen LogP contribution is -2.86. The van der Waals surface area contributed by atoms with Crippen molar-refractivity contribution in [1.82, 2.24) is 15.2 Å². The number of H-pyrrole nitrogens is 1. The molecule has 7 heterocycles. The molecule has 1 aromatic carbocycles. The van der Waals surface area contributed by atoms with E-state index in [0.717, 1.165) is 28.2 Å². The molecule has 10 heteroatoms. The molecule has 5 atom stereocenters. The van der Waals surface area contributed by atoms with Crippen LogP contribution in [0.3, 0.4) is 0 Å². The Kier molecular flexibility index (Phi) is 4.73. The molecular formula is C32H33N3O7. The van der Waals surface area contributed by atoms with Crippen molar-refractivity contribution in [3.8, 4) is 5.75 Å². The molecule has 7 aliphatic rings. The van der Waals surface area contributed by atoms with E-state index < -0.39 is 58.2 Å². The number of piperazine rings is 1. The van der Waals surface area contributed by atoms with Gasteiger partial charge < -0.3 is 29.8 Å². The predicted molar refractivity (Wildman–Crippen MR) is 151 cm³/mol. The smallest absolute Gasteiger partial charge is 0.250 e. The Morgan fingerprint density at radius 3 is 2.67 bits per heavy atom. The number of rotatable bonds is 2. The van der Waals surface area contributed by atoms with E-state index in [0.29, 0.717) is 37.1 Å². The fourth-order valence-corrected chi connectivity index (χ4v) is 8.96. The number of aliphatic hydroxyl groups is 1. The molecule has 0 radical (unpaired) electrons. The van der Waals surface area contributed by atoms with Crippen molar-refractivity contribution in [3.63, 3.8) is 0 Å². The quantitative estimate of drug-likeness (QED) is 0.471.